The fourth-order valence-electron chi connectivity index (χ4n) is 2.62. The number of rotatable bonds is 2. The molecule has 6 heteroatoms. The van der Waals surface area contributed by atoms with Gasteiger partial charge in [-0.05, 0) is 23.8 Å². The second-order valence-electron chi connectivity index (χ2n) is 4.99. The minimum absolute atomic E-state index is 0.0595. The molecule has 0 aliphatic carbocycles. The Labute approximate surface area is 143 Å². The van der Waals surface area contributed by atoms with Gasteiger partial charge in [0, 0.05) is 21.7 Å². The third-order valence-electron chi connectivity index (χ3n) is 3.70. The molecule has 1 atom stereocenters. The molecule has 0 bridgehead atoms. The Bertz CT molecular complexity index is 856. The van der Waals surface area contributed by atoms with E-state index in [4.69, 9.17) is 38.4 Å². The molecule has 2 aromatic rings. The van der Waals surface area contributed by atoms with Crippen LogP contribution in [0.15, 0.2) is 47.9 Å². The Morgan fingerprint density at radius 3 is 2.57 bits per heavy atom. The fourth-order valence-corrected chi connectivity index (χ4v) is 3.14. The molecular formula is C17H12Cl2N2O2. The molecule has 0 unspecified atom stereocenters. The average molecular weight is 347 g/mol. The Kier molecular flexibility index (Phi) is 4.08. The van der Waals surface area contributed by atoms with Crippen LogP contribution in [-0.4, -0.2) is 7.11 Å². The maximum absolute atomic E-state index is 9.50. The summed E-state index contributed by atoms with van der Waals surface area (Å²) in [5, 5.41) is 10.5. The Morgan fingerprint density at radius 1 is 1.17 bits per heavy atom. The highest BCUT2D eigenvalue weighted by atomic mass is 35.5. The number of nitriles is 1. The lowest BCUT2D eigenvalue weighted by Crippen LogP contribution is -2.21. The van der Waals surface area contributed by atoms with Crippen LogP contribution < -0.4 is 15.2 Å². The lowest BCUT2D eigenvalue weighted by Gasteiger charge is -2.27. The van der Waals surface area contributed by atoms with Crippen molar-refractivity contribution >= 4 is 23.2 Å². The van der Waals surface area contributed by atoms with Gasteiger partial charge >= 0.3 is 0 Å². The van der Waals surface area contributed by atoms with Gasteiger partial charge in [-0.2, -0.15) is 5.26 Å². The van der Waals surface area contributed by atoms with Crippen LogP contribution in [0.1, 0.15) is 17.0 Å². The van der Waals surface area contributed by atoms with E-state index in [0.29, 0.717) is 27.1 Å². The molecule has 23 heavy (non-hydrogen) atoms. The summed E-state index contributed by atoms with van der Waals surface area (Å²) in [5.41, 5.74) is 7.77. The molecule has 2 N–H and O–H groups in total. The average Bonchev–Trinajstić information content (AvgIpc) is 2.53. The summed E-state index contributed by atoms with van der Waals surface area (Å²) in [5.74, 6) is 0.818. The van der Waals surface area contributed by atoms with Gasteiger partial charge in [0.05, 0.1) is 13.0 Å². The topological polar surface area (TPSA) is 68.3 Å². The summed E-state index contributed by atoms with van der Waals surface area (Å²) in [6.45, 7) is 0. The summed E-state index contributed by atoms with van der Waals surface area (Å²) in [4.78, 5) is 0. The summed E-state index contributed by atoms with van der Waals surface area (Å²) in [6, 6.07) is 12.7. The van der Waals surface area contributed by atoms with Crippen molar-refractivity contribution in [2.75, 3.05) is 7.11 Å². The molecule has 3 rings (SSSR count). The predicted molar refractivity (Wildman–Crippen MR) is 88.8 cm³/mol. The van der Waals surface area contributed by atoms with Gasteiger partial charge < -0.3 is 15.2 Å². The van der Waals surface area contributed by atoms with Gasteiger partial charge in [-0.1, -0.05) is 35.3 Å². The minimum Gasteiger partial charge on any atom is -0.497 e. The van der Waals surface area contributed by atoms with Crippen molar-refractivity contribution in [2.45, 2.75) is 5.92 Å². The van der Waals surface area contributed by atoms with E-state index in [9.17, 15) is 5.26 Å². The van der Waals surface area contributed by atoms with Gasteiger partial charge in [-0.25, -0.2) is 0 Å². The lowest BCUT2D eigenvalue weighted by molar-refractivity contribution is 0.381. The van der Waals surface area contributed by atoms with Crippen LogP contribution in [0.3, 0.4) is 0 Å². The molecule has 0 fully saturated rings. The number of benzene rings is 2. The Balaban J connectivity index is 2.23. The Morgan fingerprint density at radius 2 is 1.91 bits per heavy atom. The summed E-state index contributed by atoms with van der Waals surface area (Å²) in [7, 11) is 1.57. The van der Waals surface area contributed by atoms with Crippen LogP contribution >= 0.6 is 23.2 Å². The zero-order valence-electron chi connectivity index (χ0n) is 12.1. The number of nitrogens with two attached hydrogens (primary N) is 1. The van der Waals surface area contributed by atoms with Crippen molar-refractivity contribution < 1.29 is 9.47 Å². The van der Waals surface area contributed by atoms with Crippen molar-refractivity contribution in [1.29, 1.82) is 5.26 Å². The maximum Gasteiger partial charge on any atom is 0.205 e. The monoisotopic (exact) mass is 346 g/mol. The first-order chi connectivity index (χ1) is 11.0. The van der Waals surface area contributed by atoms with E-state index in [1.54, 1.807) is 37.4 Å². The molecule has 0 saturated heterocycles. The molecular weight excluding hydrogens is 335 g/mol. The second-order valence-corrected chi connectivity index (χ2v) is 5.84. The van der Waals surface area contributed by atoms with Crippen LogP contribution in [0.4, 0.5) is 0 Å². The highest BCUT2D eigenvalue weighted by Gasteiger charge is 2.32. The molecule has 0 aromatic heterocycles. The normalized spacial score (nSPS) is 16.3. The highest BCUT2D eigenvalue weighted by molar-refractivity contribution is 6.35. The molecule has 1 aliphatic heterocycles. The quantitative estimate of drug-likeness (QED) is 0.883. The van der Waals surface area contributed by atoms with Crippen LogP contribution in [0.2, 0.25) is 10.0 Å². The second kappa shape index (κ2) is 6.04. The third kappa shape index (κ3) is 2.70. The molecule has 1 heterocycles. The van der Waals surface area contributed by atoms with Gasteiger partial charge in [0.2, 0.25) is 5.88 Å². The molecule has 4 nitrogen and oxygen atoms in total. The van der Waals surface area contributed by atoms with Crippen LogP contribution in [-0.2, 0) is 0 Å². The van der Waals surface area contributed by atoms with E-state index in [-0.39, 0.29) is 5.88 Å². The Hall–Kier alpha value is -2.35. The number of nitrogens with zero attached hydrogens (tertiary/aromatic N) is 1. The van der Waals surface area contributed by atoms with Crippen LogP contribution in [0.25, 0.3) is 0 Å². The van der Waals surface area contributed by atoms with Crippen molar-refractivity contribution in [2.24, 2.45) is 5.73 Å². The number of fused-ring (bicyclic) bond motifs is 1. The predicted octanol–water partition coefficient (Wildman–Crippen LogP) is 4.22. The number of allylic oxidation sites excluding steroid dienone is 1. The number of halogens is 2. The minimum atomic E-state index is -0.417. The first kappa shape index (κ1) is 15.5. The van der Waals surface area contributed by atoms with Gasteiger partial charge in [-0.15, -0.1) is 0 Å². The van der Waals surface area contributed by atoms with E-state index >= 15 is 0 Å². The molecule has 2 aromatic carbocycles. The molecule has 0 radical (unpaired) electrons. The highest BCUT2D eigenvalue weighted by Crippen LogP contribution is 2.45. The standard InChI is InChI=1S/C17H12Cl2N2O2/c1-22-10-3-5-12-15(7-10)23-17(21)13(8-20)16(12)11-4-2-9(18)6-14(11)19/h2-7,16H,21H2,1H3/t16-/m1/s1. The SMILES string of the molecule is COc1ccc2c(c1)OC(N)=C(C#N)[C@@H]2c1ccc(Cl)cc1Cl. The number of hydrogen-bond acceptors (Lipinski definition) is 4. The fraction of sp³-hybridized carbons (Fsp3) is 0.118. The van der Waals surface area contributed by atoms with E-state index in [1.165, 1.54) is 0 Å². The first-order valence-electron chi connectivity index (χ1n) is 6.75. The first-order valence-corrected chi connectivity index (χ1v) is 7.51. The summed E-state index contributed by atoms with van der Waals surface area (Å²) < 4.78 is 10.8. The number of hydrogen-bond donors (Lipinski definition) is 1. The van der Waals surface area contributed by atoms with Gasteiger partial charge in [0.25, 0.3) is 0 Å². The van der Waals surface area contributed by atoms with Crippen molar-refractivity contribution in [1.82, 2.24) is 0 Å². The zero-order valence-corrected chi connectivity index (χ0v) is 13.7. The smallest absolute Gasteiger partial charge is 0.205 e. The van der Waals surface area contributed by atoms with Gasteiger partial charge in [-0.3, -0.25) is 0 Å². The van der Waals surface area contributed by atoms with E-state index in [2.05, 4.69) is 6.07 Å². The van der Waals surface area contributed by atoms with E-state index in [0.717, 1.165) is 11.1 Å². The van der Waals surface area contributed by atoms with Crippen molar-refractivity contribution in [3.8, 4) is 17.6 Å². The zero-order chi connectivity index (χ0) is 16.6. The maximum atomic E-state index is 9.50. The number of methoxy groups -OCH3 is 1. The summed E-state index contributed by atoms with van der Waals surface area (Å²) in [6.07, 6.45) is 0. The van der Waals surface area contributed by atoms with Crippen LogP contribution in [0.5, 0.6) is 11.5 Å². The van der Waals surface area contributed by atoms with Gasteiger partial charge in [0.15, 0.2) is 0 Å². The van der Waals surface area contributed by atoms with Gasteiger partial charge in [0.1, 0.15) is 23.1 Å². The van der Waals surface area contributed by atoms with Crippen molar-refractivity contribution in [3.05, 3.63) is 69.0 Å². The van der Waals surface area contributed by atoms with E-state index < -0.39 is 5.92 Å². The van der Waals surface area contributed by atoms with Crippen LogP contribution in [0, 0.1) is 11.3 Å². The molecule has 116 valence electrons. The molecule has 0 amide bonds. The summed E-state index contributed by atoms with van der Waals surface area (Å²) >= 11 is 12.3. The molecule has 0 saturated carbocycles. The largest absolute Gasteiger partial charge is 0.497 e. The number of ether oxygens (including phenoxy) is 2. The third-order valence-corrected chi connectivity index (χ3v) is 4.26. The molecule has 0 spiro atoms. The lowest BCUT2D eigenvalue weighted by atomic mass is 9.83. The van der Waals surface area contributed by atoms with E-state index in [1.807, 2.05) is 6.07 Å². The molecule has 1 aliphatic rings. The van der Waals surface area contributed by atoms with Crippen molar-refractivity contribution in [3.63, 3.8) is 0 Å².